The lowest BCUT2D eigenvalue weighted by molar-refractivity contribution is 0.288. The van der Waals surface area contributed by atoms with Gasteiger partial charge in [0, 0.05) is 11.3 Å². The fourth-order valence-electron chi connectivity index (χ4n) is 2.35. The average Bonchev–Trinajstić information content (AvgIpc) is 2.54. The maximum Gasteiger partial charge on any atom is 0.266 e. The zero-order valence-electron chi connectivity index (χ0n) is 13.5. The number of benzene rings is 1. The molecular formula is C17H18N2O4. The van der Waals surface area contributed by atoms with Crippen LogP contribution in [0.4, 0.5) is 0 Å². The number of nitrogens with zero attached hydrogens (tertiary/aromatic N) is 1. The smallest absolute Gasteiger partial charge is 0.266 e. The Labute approximate surface area is 134 Å². The van der Waals surface area contributed by atoms with Crippen molar-refractivity contribution in [2.45, 2.75) is 13.8 Å². The Morgan fingerprint density at radius 3 is 2.26 bits per heavy atom. The molecule has 1 aromatic heterocycles. The quantitative estimate of drug-likeness (QED) is 0.917. The van der Waals surface area contributed by atoms with Crippen molar-refractivity contribution < 1.29 is 14.2 Å². The molecule has 23 heavy (non-hydrogen) atoms. The monoisotopic (exact) mass is 314 g/mol. The van der Waals surface area contributed by atoms with Crippen LogP contribution in [0.25, 0.3) is 11.1 Å². The minimum absolute atomic E-state index is 0.0452. The van der Waals surface area contributed by atoms with Gasteiger partial charge in [-0.1, -0.05) is 0 Å². The van der Waals surface area contributed by atoms with E-state index in [1.165, 1.54) is 14.2 Å². The van der Waals surface area contributed by atoms with Gasteiger partial charge < -0.3 is 19.2 Å². The van der Waals surface area contributed by atoms with E-state index in [0.717, 1.165) is 0 Å². The Kier molecular flexibility index (Phi) is 4.91. The topological polar surface area (TPSA) is 84.3 Å². The van der Waals surface area contributed by atoms with E-state index in [9.17, 15) is 10.1 Å². The van der Waals surface area contributed by atoms with Crippen molar-refractivity contribution in [1.82, 2.24) is 4.98 Å². The molecule has 0 spiro atoms. The van der Waals surface area contributed by atoms with Crippen molar-refractivity contribution in [3.8, 4) is 34.4 Å². The van der Waals surface area contributed by atoms with Crippen LogP contribution in [0, 0.1) is 18.3 Å². The zero-order valence-corrected chi connectivity index (χ0v) is 13.5. The molecule has 2 aromatic rings. The summed E-state index contributed by atoms with van der Waals surface area (Å²) in [5.74, 6) is 1.44. The van der Waals surface area contributed by atoms with Gasteiger partial charge in [0.15, 0.2) is 11.5 Å². The third-order valence-corrected chi connectivity index (χ3v) is 3.34. The van der Waals surface area contributed by atoms with Crippen molar-refractivity contribution in [3.05, 3.63) is 39.8 Å². The molecule has 0 amide bonds. The molecule has 1 aromatic carbocycles. The zero-order chi connectivity index (χ0) is 17.0. The molecule has 0 saturated carbocycles. The summed E-state index contributed by atoms with van der Waals surface area (Å²) in [6, 6.07) is 7.14. The van der Waals surface area contributed by atoms with Crippen molar-refractivity contribution in [2.75, 3.05) is 20.8 Å². The van der Waals surface area contributed by atoms with Gasteiger partial charge in [0.1, 0.15) is 11.6 Å². The van der Waals surface area contributed by atoms with E-state index < -0.39 is 5.56 Å². The first-order valence-corrected chi connectivity index (χ1v) is 7.08. The van der Waals surface area contributed by atoms with Crippen LogP contribution < -0.4 is 19.8 Å². The molecule has 0 fully saturated rings. The first kappa shape index (κ1) is 16.4. The fraction of sp³-hybridized carbons (Fsp3) is 0.294. The minimum Gasteiger partial charge on any atom is -0.493 e. The summed E-state index contributed by atoms with van der Waals surface area (Å²) in [7, 11) is 3.05. The number of ether oxygens (including phenoxy) is 3. The maximum atomic E-state index is 12.0. The van der Waals surface area contributed by atoms with E-state index in [0.29, 0.717) is 40.7 Å². The summed E-state index contributed by atoms with van der Waals surface area (Å²) in [4.78, 5) is 14.6. The number of rotatable bonds is 5. The summed E-state index contributed by atoms with van der Waals surface area (Å²) >= 11 is 0. The van der Waals surface area contributed by atoms with E-state index in [2.05, 4.69) is 4.98 Å². The standard InChI is InChI=1S/C17H18N2O4/c1-5-23-16-14(21-3)7-11(8-15(16)22-4)12-6-10(2)19-17(20)13(12)9-18/h6-8H,5H2,1-4H3,(H,19,20). The number of methoxy groups -OCH3 is 2. The van der Waals surface area contributed by atoms with Gasteiger partial charge in [-0.2, -0.15) is 5.26 Å². The van der Waals surface area contributed by atoms with E-state index in [1.54, 1.807) is 25.1 Å². The van der Waals surface area contributed by atoms with Crippen molar-refractivity contribution in [1.29, 1.82) is 5.26 Å². The molecule has 0 aliphatic heterocycles. The molecule has 0 aliphatic rings. The number of nitrogens with one attached hydrogen (secondary N) is 1. The average molecular weight is 314 g/mol. The molecule has 6 nitrogen and oxygen atoms in total. The molecule has 0 saturated heterocycles. The molecule has 0 radical (unpaired) electrons. The van der Waals surface area contributed by atoms with Crippen LogP contribution in [0.1, 0.15) is 18.2 Å². The molecule has 2 rings (SSSR count). The molecule has 1 heterocycles. The third-order valence-electron chi connectivity index (χ3n) is 3.34. The lowest BCUT2D eigenvalue weighted by atomic mass is 10.00. The number of hydrogen-bond donors (Lipinski definition) is 1. The van der Waals surface area contributed by atoms with Gasteiger partial charge in [0.25, 0.3) is 5.56 Å². The summed E-state index contributed by atoms with van der Waals surface area (Å²) < 4.78 is 16.3. The number of H-pyrrole nitrogens is 1. The van der Waals surface area contributed by atoms with E-state index in [4.69, 9.17) is 14.2 Å². The highest BCUT2D eigenvalue weighted by atomic mass is 16.5. The number of aryl methyl sites for hydroxylation is 1. The lowest BCUT2D eigenvalue weighted by Crippen LogP contribution is -2.12. The summed E-state index contributed by atoms with van der Waals surface area (Å²) in [5.41, 5.74) is 1.45. The normalized spacial score (nSPS) is 10.0. The third kappa shape index (κ3) is 3.14. The van der Waals surface area contributed by atoms with Crippen LogP contribution in [0.15, 0.2) is 23.0 Å². The van der Waals surface area contributed by atoms with Gasteiger partial charge in [-0.3, -0.25) is 4.79 Å². The predicted octanol–water partition coefficient (Wildman–Crippen LogP) is 2.64. The minimum atomic E-state index is -0.422. The highest BCUT2D eigenvalue weighted by Crippen LogP contribution is 2.41. The van der Waals surface area contributed by atoms with Crippen LogP contribution in [0.2, 0.25) is 0 Å². The second-order valence-corrected chi connectivity index (χ2v) is 4.82. The number of nitriles is 1. The Hall–Kier alpha value is -2.94. The second kappa shape index (κ2) is 6.88. The van der Waals surface area contributed by atoms with E-state index in [-0.39, 0.29) is 5.56 Å². The first-order chi connectivity index (χ1) is 11.0. The predicted molar refractivity (Wildman–Crippen MR) is 86.2 cm³/mol. The van der Waals surface area contributed by atoms with Gasteiger partial charge in [0.2, 0.25) is 5.75 Å². The van der Waals surface area contributed by atoms with Gasteiger partial charge in [-0.25, -0.2) is 0 Å². The highest BCUT2D eigenvalue weighted by molar-refractivity contribution is 5.75. The van der Waals surface area contributed by atoms with Gasteiger partial charge in [0.05, 0.1) is 20.8 Å². The van der Waals surface area contributed by atoms with E-state index >= 15 is 0 Å². The van der Waals surface area contributed by atoms with Crippen LogP contribution in [-0.4, -0.2) is 25.8 Å². The van der Waals surface area contributed by atoms with Gasteiger partial charge >= 0.3 is 0 Å². The van der Waals surface area contributed by atoms with Gasteiger partial charge in [-0.15, -0.1) is 0 Å². The molecule has 0 unspecified atom stereocenters. The SMILES string of the molecule is CCOc1c(OC)cc(-c2cc(C)[nH]c(=O)c2C#N)cc1OC. The molecular weight excluding hydrogens is 296 g/mol. The Morgan fingerprint density at radius 1 is 1.17 bits per heavy atom. The second-order valence-electron chi connectivity index (χ2n) is 4.82. The summed E-state index contributed by atoms with van der Waals surface area (Å²) in [6.45, 7) is 4.08. The Balaban J connectivity index is 2.75. The highest BCUT2D eigenvalue weighted by Gasteiger charge is 2.17. The fourth-order valence-corrected chi connectivity index (χ4v) is 2.35. The van der Waals surface area contributed by atoms with Crippen molar-refractivity contribution in [3.63, 3.8) is 0 Å². The van der Waals surface area contributed by atoms with Gasteiger partial charge in [-0.05, 0) is 37.6 Å². The Morgan fingerprint density at radius 2 is 1.78 bits per heavy atom. The van der Waals surface area contributed by atoms with E-state index in [1.807, 2.05) is 13.0 Å². The lowest BCUT2D eigenvalue weighted by Gasteiger charge is -2.16. The molecule has 120 valence electrons. The van der Waals surface area contributed by atoms with Crippen LogP contribution in [0.3, 0.4) is 0 Å². The van der Waals surface area contributed by atoms with Crippen LogP contribution in [-0.2, 0) is 0 Å². The first-order valence-electron chi connectivity index (χ1n) is 7.08. The molecule has 0 bridgehead atoms. The number of hydrogen-bond acceptors (Lipinski definition) is 5. The molecule has 0 atom stereocenters. The number of pyridine rings is 1. The molecule has 0 aliphatic carbocycles. The van der Waals surface area contributed by atoms with Crippen LogP contribution >= 0.6 is 0 Å². The Bertz CT molecular complexity index is 793. The van der Waals surface area contributed by atoms with Crippen molar-refractivity contribution >= 4 is 0 Å². The van der Waals surface area contributed by atoms with Crippen LogP contribution in [0.5, 0.6) is 17.2 Å². The largest absolute Gasteiger partial charge is 0.493 e. The summed E-state index contributed by atoms with van der Waals surface area (Å²) in [6.07, 6.45) is 0. The number of aromatic nitrogens is 1. The molecule has 1 N–H and O–H groups in total. The molecule has 6 heteroatoms. The number of aromatic amines is 1. The maximum absolute atomic E-state index is 12.0. The summed E-state index contributed by atoms with van der Waals surface area (Å²) in [5, 5.41) is 9.29. The van der Waals surface area contributed by atoms with Crippen molar-refractivity contribution in [2.24, 2.45) is 0 Å².